The molecule has 0 aromatic carbocycles. The Bertz CT molecular complexity index is 1000. The van der Waals surface area contributed by atoms with Gasteiger partial charge in [-0.15, -0.1) is 0 Å². The number of imidazole rings is 1. The third-order valence-corrected chi connectivity index (χ3v) is 5.94. The van der Waals surface area contributed by atoms with Crippen LogP contribution in [-0.2, 0) is 0 Å². The Morgan fingerprint density at radius 1 is 1.44 bits per heavy atom. The minimum Gasteiger partial charge on any atom is -0.385 e. The summed E-state index contributed by atoms with van der Waals surface area (Å²) in [6, 6.07) is 4.45. The number of hydrogen-bond donors (Lipinski definition) is 2. The third kappa shape index (κ3) is 2.01. The highest BCUT2D eigenvalue weighted by Crippen LogP contribution is 2.58. The van der Waals surface area contributed by atoms with Crippen LogP contribution in [-0.4, -0.2) is 37.8 Å². The van der Waals surface area contributed by atoms with Gasteiger partial charge in [0.25, 0.3) is 0 Å². The van der Waals surface area contributed by atoms with Gasteiger partial charge in [-0.25, -0.2) is 14.6 Å². The smallest absolute Gasteiger partial charge is 0.157 e. The van der Waals surface area contributed by atoms with Crippen LogP contribution in [0.15, 0.2) is 18.5 Å². The van der Waals surface area contributed by atoms with Gasteiger partial charge >= 0.3 is 0 Å². The molecule has 5 rings (SSSR count). The van der Waals surface area contributed by atoms with Gasteiger partial charge in [-0.2, -0.15) is 5.26 Å². The summed E-state index contributed by atoms with van der Waals surface area (Å²) >= 11 is 0. The van der Waals surface area contributed by atoms with E-state index in [1.807, 2.05) is 12.3 Å². The SMILES string of the molecule is C[C@@H](O)c1nc2cnc3[nH]ccc3c2n1N1CCC2(CC1)CC2C#N. The average molecular weight is 336 g/mol. The van der Waals surface area contributed by atoms with E-state index >= 15 is 0 Å². The highest BCUT2D eigenvalue weighted by Gasteiger charge is 2.55. The lowest BCUT2D eigenvalue weighted by Crippen LogP contribution is -2.43. The number of aromatic nitrogens is 4. The zero-order valence-electron chi connectivity index (χ0n) is 14.1. The Kier molecular flexibility index (Phi) is 2.92. The van der Waals surface area contributed by atoms with Crippen LogP contribution in [0.25, 0.3) is 22.1 Å². The van der Waals surface area contributed by atoms with Gasteiger partial charge in [-0.3, -0.25) is 0 Å². The largest absolute Gasteiger partial charge is 0.385 e. The minimum absolute atomic E-state index is 0.228. The molecule has 0 bridgehead atoms. The second kappa shape index (κ2) is 4.96. The molecule has 25 heavy (non-hydrogen) atoms. The number of hydrogen-bond acceptors (Lipinski definition) is 5. The molecule has 1 aliphatic carbocycles. The van der Waals surface area contributed by atoms with Crippen LogP contribution in [0.1, 0.15) is 38.1 Å². The predicted molar refractivity (Wildman–Crippen MR) is 93.4 cm³/mol. The first kappa shape index (κ1) is 14.7. The van der Waals surface area contributed by atoms with Crippen molar-refractivity contribution in [1.82, 2.24) is 19.6 Å². The van der Waals surface area contributed by atoms with Gasteiger partial charge in [-0.1, -0.05) is 0 Å². The lowest BCUT2D eigenvalue weighted by molar-refractivity contribution is 0.181. The number of H-pyrrole nitrogens is 1. The van der Waals surface area contributed by atoms with Crippen molar-refractivity contribution in [1.29, 1.82) is 5.26 Å². The summed E-state index contributed by atoms with van der Waals surface area (Å²) in [7, 11) is 0. The highest BCUT2D eigenvalue weighted by molar-refractivity contribution is 6.01. The molecule has 0 amide bonds. The summed E-state index contributed by atoms with van der Waals surface area (Å²) in [5.41, 5.74) is 2.85. The first-order valence-electron chi connectivity index (χ1n) is 8.80. The molecule has 0 radical (unpaired) electrons. The van der Waals surface area contributed by atoms with Crippen molar-refractivity contribution >= 4 is 22.1 Å². The van der Waals surface area contributed by atoms with Gasteiger partial charge in [0.2, 0.25) is 0 Å². The number of aromatic amines is 1. The number of piperidine rings is 1. The molecule has 2 atom stereocenters. The van der Waals surface area contributed by atoms with E-state index in [1.165, 1.54) is 0 Å². The summed E-state index contributed by atoms with van der Waals surface area (Å²) in [4.78, 5) is 12.2. The highest BCUT2D eigenvalue weighted by atomic mass is 16.3. The van der Waals surface area contributed by atoms with Gasteiger partial charge in [0, 0.05) is 24.7 Å². The van der Waals surface area contributed by atoms with E-state index in [4.69, 9.17) is 0 Å². The van der Waals surface area contributed by atoms with Crippen molar-refractivity contribution in [2.45, 2.75) is 32.3 Å². The fraction of sp³-hybridized carbons (Fsp3) is 0.500. The number of nitrogens with one attached hydrogen (secondary N) is 1. The first-order chi connectivity index (χ1) is 12.1. The van der Waals surface area contributed by atoms with Crippen molar-refractivity contribution in [2.24, 2.45) is 11.3 Å². The Hall–Kier alpha value is -2.59. The van der Waals surface area contributed by atoms with Crippen LogP contribution in [0.4, 0.5) is 0 Å². The van der Waals surface area contributed by atoms with Gasteiger partial charge in [-0.05, 0) is 37.7 Å². The third-order valence-electron chi connectivity index (χ3n) is 5.94. The number of aliphatic hydroxyl groups is 1. The molecule has 2 fully saturated rings. The van der Waals surface area contributed by atoms with Crippen molar-refractivity contribution in [2.75, 3.05) is 18.1 Å². The quantitative estimate of drug-likeness (QED) is 0.748. The van der Waals surface area contributed by atoms with Crippen LogP contribution in [0, 0.1) is 22.7 Å². The summed E-state index contributed by atoms with van der Waals surface area (Å²) in [5, 5.41) is 22.8. The lowest BCUT2D eigenvalue weighted by Gasteiger charge is -2.36. The Labute approximate surface area is 144 Å². The average Bonchev–Trinajstić information content (AvgIpc) is 2.98. The number of pyridine rings is 1. The maximum absolute atomic E-state index is 10.3. The molecule has 2 N–H and O–H groups in total. The number of aliphatic hydroxyl groups excluding tert-OH is 1. The number of nitrogens with zero attached hydrogens (tertiary/aromatic N) is 5. The van der Waals surface area contributed by atoms with Crippen LogP contribution < -0.4 is 5.01 Å². The van der Waals surface area contributed by atoms with Crippen molar-refractivity contribution in [3.8, 4) is 6.07 Å². The molecular weight excluding hydrogens is 316 g/mol. The summed E-state index contributed by atoms with van der Waals surface area (Å²) in [6.45, 7) is 3.49. The van der Waals surface area contributed by atoms with Crippen LogP contribution in [0.3, 0.4) is 0 Å². The summed E-state index contributed by atoms with van der Waals surface area (Å²) in [5.74, 6) is 0.875. The standard InChI is InChI=1S/C18H20N6O/c1-11(25)17-22-14-10-21-16-13(2-5-20-16)15(14)24(17)23-6-3-18(4-7-23)8-12(18)9-19/h2,5,10-12,25H,3-4,6-8H2,1H3,(H,20,21)/t11-,12?/m1/s1. The summed E-state index contributed by atoms with van der Waals surface area (Å²) < 4.78 is 2.08. The van der Waals surface area contributed by atoms with Gasteiger partial charge in [0.15, 0.2) is 5.82 Å². The molecule has 1 saturated heterocycles. The lowest BCUT2D eigenvalue weighted by atomic mass is 9.92. The van der Waals surface area contributed by atoms with E-state index in [1.54, 1.807) is 13.1 Å². The van der Waals surface area contributed by atoms with Gasteiger partial charge in [0.05, 0.1) is 18.2 Å². The molecular formula is C18H20N6O. The Balaban J connectivity index is 1.61. The molecule has 1 saturated carbocycles. The molecule has 128 valence electrons. The zero-order valence-corrected chi connectivity index (χ0v) is 14.1. The number of fused-ring (bicyclic) bond motifs is 3. The second-order valence-electron chi connectivity index (χ2n) is 7.39. The monoisotopic (exact) mass is 336 g/mol. The summed E-state index contributed by atoms with van der Waals surface area (Å²) in [6.07, 6.45) is 6.05. The van der Waals surface area contributed by atoms with Gasteiger partial charge < -0.3 is 15.1 Å². The zero-order chi connectivity index (χ0) is 17.2. The van der Waals surface area contributed by atoms with Crippen molar-refractivity contribution in [3.63, 3.8) is 0 Å². The van der Waals surface area contributed by atoms with Crippen LogP contribution in [0.5, 0.6) is 0 Å². The van der Waals surface area contributed by atoms with Gasteiger partial charge in [0.1, 0.15) is 22.8 Å². The molecule has 2 aliphatic rings. The molecule has 3 aromatic heterocycles. The number of nitriles is 1. The van der Waals surface area contributed by atoms with Crippen molar-refractivity contribution in [3.05, 3.63) is 24.3 Å². The van der Waals surface area contributed by atoms with E-state index in [-0.39, 0.29) is 11.3 Å². The molecule has 7 nitrogen and oxygen atoms in total. The molecule has 3 aromatic rings. The minimum atomic E-state index is -0.662. The Morgan fingerprint density at radius 3 is 2.92 bits per heavy atom. The van der Waals surface area contributed by atoms with E-state index < -0.39 is 6.10 Å². The van der Waals surface area contributed by atoms with Crippen LogP contribution in [0.2, 0.25) is 0 Å². The normalized spacial score (nSPS) is 23.2. The van der Waals surface area contributed by atoms with Crippen LogP contribution >= 0.6 is 0 Å². The topological polar surface area (TPSA) is 93.8 Å². The maximum Gasteiger partial charge on any atom is 0.157 e. The Morgan fingerprint density at radius 2 is 2.24 bits per heavy atom. The second-order valence-corrected chi connectivity index (χ2v) is 7.39. The van der Waals surface area contributed by atoms with Crippen molar-refractivity contribution < 1.29 is 5.11 Å². The van der Waals surface area contributed by atoms with E-state index in [0.29, 0.717) is 5.82 Å². The fourth-order valence-corrected chi connectivity index (χ4v) is 4.35. The molecule has 4 heterocycles. The fourth-order valence-electron chi connectivity index (χ4n) is 4.35. The molecule has 7 heteroatoms. The number of rotatable bonds is 2. The van der Waals surface area contributed by atoms with E-state index in [9.17, 15) is 10.4 Å². The molecule has 1 aliphatic heterocycles. The first-order valence-corrected chi connectivity index (χ1v) is 8.80. The predicted octanol–water partition coefficient (Wildman–Crippen LogP) is 2.23. The van der Waals surface area contributed by atoms with E-state index in [2.05, 4.69) is 30.7 Å². The molecule has 1 spiro atoms. The van der Waals surface area contributed by atoms with E-state index in [0.717, 1.165) is 54.4 Å². The molecule has 1 unspecified atom stereocenters. The maximum atomic E-state index is 10.3.